The number of aromatic nitrogens is 1. The zero-order chi connectivity index (χ0) is 16.1. The van der Waals surface area contributed by atoms with Crippen LogP contribution in [0.1, 0.15) is 17.3 Å². The molecule has 2 aromatic rings. The Bertz CT molecular complexity index is 674. The molecule has 0 aliphatic heterocycles. The molecule has 1 N–H and O–H groups in total. The number of halogens is 2. The lowest BCUT2D eigenvalue weighted by atomic mass is 10.2. The summed E-state index contributed by atoms with van der Waals surface area (Å²) in [6.45, 7) is 1.43. The van der Waals surface area contributed by atoms with Gasteiger partial charge in [-0.05, 0) is 43.3 Å². The topological polar surface area (TPSA) is 68.3 Å². The summed E-state index contributed by atoms with van der Waals surface area (Å²) in [5, 5.41) is 2.76. The van der Waals surface area contributed by atoms with E-state index in [4.69, 9.17) is 16.3 Å². The third-order valence-electron chi connectivity index (χ3n) is 2.73. The summed E-state index contributed by atoms with van der Waals surface area (Å²) in [6.07, 6.45) is 0.239. The Kier molecular flexibility index (Phi) is 5.06. The molecule has 5 nitrogen and oxygen atoms in total. The Morgan fingerprint density at radius 2 is 1.91 bits per heavy atom. The molecule has 0 aliphatic rings. The predicted molar refractivity (Wildman–Crippen MR) is 79.2 cm³/mol. The number of pyridine rings is 1. The summed E-state index contributed by atoms with van der Waals surface area (Å²) in [5.74, 6) is -1.62. The Balaban J connectivity index is 1.94. The van der Waals surface area contributed by atoms with Crippen LogP contribution in [0.5, 0.6) is 0 Å². The van der Waals surface area contributed by atoms with Crippen LogP contribution >= 0.6 is 11.6 Å². The molecule has 0 saturated heterocycles. The third-order valence-corrected chi connectivity index (χ3v) is 2.95. The second-order valence-corrected chi connectivity index (χ2v) is 4.80. The van der Waals surface area contributed by atoms with Crippen LogP contribution in [-0.2, 0) is 9.53 Å². The predicted octanol–water partition coefficient (Wildman–Crippen LogP) is 3.06. The molecule has 0 spiro atoms. The van der Waals surface area contributed by atoms with Gasteiger partial charge in [0.1, 0.15) is 11.0 Å². The fourth-order valence-electron chi connectivity index (χ4n) is 1.56. The van der Waals surface area contributed by atoms with E-state index < -0.39 is 23.8 Å². The first-order valence-electron chi connectivity index (χ1n) is 6.34. The monoisotopic (exact) mass is 322 g/mol. The zero-order valence-electron chi connectivity index (χ0n) is 11.5. The van der Waals surface area contributed by atoms with Crippen LogP contribution in [-0.4, -0.2) is 23.0 Å². The van der Waals surface area contributed by atoms with Crippen molar-refractivity contribution in [2.24, 2.45) is 0 Å². The zero-order valence-corrected chi connectivity index (χ0v) is 12.3. The molecule has 2 rings (SSSR count). The van der Waals surface area contributed by atoms with Gasteiger partial charge in [-0.1, -0.05) is 11.6 Å². The number of amides is 1. The lowest BCUT2D eigenvalue weighted by molar-refractivity contribution is -0.123. The SMILES string of the molecule is CC(OC(=O)c1ccc(Cl)nc1)C(=O)Nc1ccc(F)cc1. The number of ether oxygens (including phenoxy) is 1. The first-order chi connectivity index (χ1) is 10.5. The first-order valence-corrected chi connectivity index (χ1v) is 6.72. The molecule has 1 aromatic carbocycles. The number of benzene rings is 1. The molecule has 1 atom stereocenters. The van der Waals surface area contributed by atoms with Gasteiger partial charge in [0.25, 0.3) is 5.91 Å². The summed E-state index contributed by atoms with van der Waals surface area (Å²) < 4.78 is 17.8. The van der Waals surface area contributed by atoms with Gasteiger partial charge < -0.3 is 10.1 Å². The van der Waals surface area contributed by atoms with Crippen LogP contribution in [0.4, 0.5) is 10.1 Å². The van der Waals surface area contributed by atoms with E-state index in [-0.39, 0.29) is 10.7 Å². The highest BCUT2D eigenvalue weighted by Gasteiger charge is 2.19. The van der Waals surface area contributed by atoms with Crippen LogP contribution in [0.15, 0.2) is 42.6 Å². The maximum atomic E-state index is 12.8. The number of nitrogens with one attached hydrogen (secondary N) is 1. The molecule has 22 heavy (non-hydrogen) atoms. The maximum absolute atomic E-state index is 12.8. The number of anilines is 1. The number of hydrogen-bond acceptors (Lipinski definition) is 4. The Morgan fingerprint density at radius 1 is 1.23 bits per heavy atom. The van der Waals surface area contributed by atoms with Gasteiger partial charge in [-0.15, -0.1) is 0 Å². The number of carbonyl (C=O) groups excluding carboxylic acids is 2. The molecule has 1 aromatic heterocycles. The van der Waals surface area contributed by atoms with E-state index in [2.05, 4.69) is 10.3 Å². The molecule has 0 aliphatic carbocycles. The van der Waals surface area contributed by atoms with Crippen molar-refractivity contribution in [2.75, 3.05) is 5.32 Å². The van der Waals surface area contributed by atoms with E-state index in [1.807, 2.05) is 0 Å². The number of esters is 1. The number of nitrogens with zero attached hydrogens (tertiary/aromatic N) is 1. The molecule has 0 bridgehead atoms. The van der Waals surface area contributed by atoms with Crippen LogP contribution < -0.4 is 5.32 Å². The van der Waals surface area contributed by atoms with Crippen molar-refractivity contribution < 1.29 is 18.7 Å². The van der Waals surface area contributed by atoms with E-state index in [0.717, 1.165) is 0 Å². The average Bonchev–Trinajstić information content (AvgIpc) is 2.50. The van der Waals surface area contributed by atoms with Gasteiger partial charge in [-0.25, -0.2) is 14.2 Å². The van der Waals surface area contributed by atoms with Gasteiger partial charge >= 0.3 is 5.97 Å². The molecule has 0 fully saturated rings. The fraction of sp³-hybridized carbons (Fsp3) is 0.133. The summed E-state index contributed by atoms with van der Waals surface area (Å²) in [5.41, 5.74) is 0.591. The smallest absolute Gasteiger partial charge is 0.340 e. The molecule has 0 saturated carbocycles. The van der Waals surface area contributed by atoms with Gasteiger partial charge in [0.05, 0.1) is 5.56 Å². The molecule has 114 valence electrons. The lowest BCUT2D eigenvalue weighted by Crippen LogP contribution is -2.30. The normalized spacial score (nSPS) is 11.6. The molecule has 1 unspecified atom stereocenters. The fourth-order valence-corrected chi connectivity index (χ4v) is 1.67. The van der Waals surface area contributed by atoms with Gasteiger partial charge in [-0.3, -0.25) is 4.79 Å². The van der Waals surface area contributed by atoms with Crippen molar-refractivity contribution >= 4 is 29.2 Å². The Morgan fingerprint density at radius 3 is 2.50 bits per heavy atom. The number of carbonyl (C=O) groups is 2. The minimum Gasteiger partial charge on any atom is -0.449 e. The summed E-state index contributed by atoms with van der Waals surface area (Å²) in [7, 11) is 0. The van der Waals surface area contributed by atoms with E-state index >= 15 is 0 Å². The van der Waals surface area contributed by atoms with Crippen molar-refractivity contribution in [2.45, 2.75) is 13.0 Å². The van der Waals surface area contributed by atoms with E-state index in [9.17, 15) is 14.0 Å². The van der Waals surface area contributed by atoms with Crippen molar-refractivity contribution in [3.05, 3.63) is 59.1 Å². The number of rotatable bonds is 4. The molecular weight excluding hydrogens is 311 g/mol. The van der Waals surface area contributed by atoms with Crippen LogP contribution in [0, 0.1) is 5.82 Å². The molecular formula is C15H12ClFN2O3. The second kappa shape index (κ2) is 7.00. The van der Waals surface area contributed by atoms with Crippen LogP contribution in [0.25, 0.3) is 0 Å². The van der Waals surface area contributed by atoms with E-state index in [1.165, 1.54) is 49.5 Å². The van der Waals surface area contributed by atoms with E-state index in [1.54, 1.807) is 0 Å². The van der Waals surface area contributed by atoms with Crippen LogP contribution in [0.2, 0.25) is 5.15 Å². The quantitative estimate of drug-likeness (QED) is 0.694. The first kappa shape index (κ1) is 15.9. The summed E-state index contributed by atoms with van der Waals surface area (Å²) in [6, 6.07) is 8.14. The standard InChI is InChI=1S/C15H12ClFN2O3/c1-9(14(20)19-12-5-3-11(17)4-6-12)22-15(21)10-2-7-13(16)18-8-10/h2-9H,1H3,(H,19,20). The van der Waals surface area contributed by atoms with Crippen molar-refractivity contribution in [1.29, 1.82) is 0 Å². The lowest BCUT2D eigenvalue weighted by Gasteiger charge is -2.13. The number of hydrogen-bond donors (Lipinski definition) is 1. The van der Waals surface area contributed by atoms with Crippen molar-refractivity contribution in [3.8, 4) is 0 Å². The molecule has 0 radical (unpaired) electrons. The average molecular weight is 323 g/mol. The van der Waals surface area contributed by atoms with Crippen molar-refractivity contribution in [1.82, 2.24) is 4.98 Å². The third kappa shape index (κ3) is 4.26. The Hall–Kier alpha value is -2.47. The van der Waals surface area contributed by atoms with Gasteiger partial charge in [0.2, 0.25) is 0 Å². The molecule has 1 amide bonds. The minimum absolute atomic E-state index is 0.186. The van der Waals surface area contributed by atoms with Crippen LogP contribution in [0.3, 0.4) is 0 Å². The highest BCUT2D eigenvalue weighted by atomic mass is 35.5. The largest absolute Gasteiger partial charge is 0.449 e. The molecule has 7 heteroatoms. The maximum Gasteiger partial charge on any atom is 0.340 e. The summed E-state index contributed by atoms with van der Waals surface area (Å²) in [4.78, 5) is 27.5. The highest BCUT2D eigenvalue weighted by Crippen LogP contribution is 2.11. The Labute approximate surface area is 131 Å². The van der Waals surface area contributed by atoms with E-state index in [0.29, 0.717) is 5.69 Å². The molecule has 1 heterocycles. The van der Waals surface area contributed by atoms with Crippen molar-refractivity contribution in [3.63, 3.8) is 0 Å². The van der Waals surface area contributed by atoms with Gasteiger partial charge in [-0.2, -0.15) is 0 Å². The highest BCUT2D eigenvalue weighted by molar-refractivity contribution is 6.29. The summed E-state index contributed by atoms with van der Waals surface area (Å²) >= 11 is 5.62. The van der Waals surface area contributed by atoms with Gasteiger partial charge in [0, 0.05) is 11.9 Å². The van der Waals surface area contributed by atoms with Gasteiger partial charge in [0.15, 0.2) is 6.10 Å². The second-order valence-electron chi connectivity index (χ2n) is 4.41. The minimum atomic E-state index is -1.02.